The Morgan fingerprint density at radius 3 is 2.60 bits per heavy atom. The van der Waals surface area contributed by atoms with Gasteiger partial charge in [0.2, 0.25) is 0 Å². The summed E-state index contributed by atoms with van der Waals surface area (Å²) in [5.74, 6) is 3.35. The maximum absolute atomic E-state index is 8.98. The quantitative estimate of drug-likeness (QED) is 0.729. The van der Waals surface area contributed by atoms with Gasteiger partial charge >= 0.3 is 0 Å². The van der Waals surface area contributed by atoms with Gasteiger partial charge in [0.15, 0.2) is 0 Å². The number of hydrogen-bond donors (Lipinski definition) is 2. The molecule has 0 aromatic rings. The molecule has 2 aliphatic carbocycles. The lowest BCUT2D eigenvalue weighted by molar-refractivity contribution is 0.212. The van der Waals surface area contributed by atoms with Crippen LogP contribution < -0.4 is 5.32 Å². The van der Waals surface area contributed by atoms with Gasteiger partial charge in [-0.25, -0.2) is 0 Å². The monoisotopic (exact) mass is 211 g/mol. The zero-order valence-electron chi connectivity index (χ0n) is 10.1. The first-order valence-electron chi connectivity index (χ1n) is 6.55. The zero-order chi connectivity index (χ0) is 10.8. The van der Waals surface area contributed by atoms with E-state index in [0.717, 1.165) is 24.3 Å². The van der Waals surface area contributed by atoms with E-state index in [1.165, 1.54) is 25.7 Å². The van der Waals surface area contributed by atoms with Crippen LogP contribution in [0.5, 0.6) is 0 Å². The summed E-state index contributed by atoms with van der Waals surface area (Å²) in [5.41, 5.74) is 0. The van der Waals surface area contributed by atoms with Gasteiger partial charge in [-0.3, -0.25) is 0 Å². The van der Waals surface area contributed by atoms with E-state index in [4.69, 9.17) is 5.11 Å². The van der Waals surface area contributed by atoms with Gasteiger partial charge in [-0.2, -0.15) is 0 Å². The second kappa shape index (κ2) is 4.84. The average molecular weight is 211 g/mol. The minimum absolute atomic E-state index is 0.302. The van der Waals surface area contributed by atoms with Crippen molar-refractivity contribution in [2.24, 2.45) is 23.7 Å². The van der Waals surface area contributed by atoms with Crippen LogP contribution in [0.2, 0.25) is 0 Å². The molecule has 0 aliphatic heterocycles. The van der Waals surface area contributed by atoms with Crippen LogP contribution in [-0.2, 0) is 0 Å². The molecule has 2 saturated carbocycles. The molecule has 0 amide bonds. The van der Waals surface area contributed by atoms with Crippen molar-refractivity contribution in [1.82, 2.24) is 5.32 Å². The average Bonchev–Trinajstić information content (AvgIpc) is 2.86. The third-order valence-electron chi connectivity index (χ3n) is 4.53. The van der Waals surface area contributed by atoms with Crippen LogP contribution in [0.25, 0.3) is 0 Å². The number of rotatable bonds is 5. The third-order valence-corrected chi connectivity index (χ3v) is 4.53. The van der Waals surface area contributed by atoms with Gasteiger partial charge < -0.3 is 10.4 Å². The van der Waals surface area contributed by atoms with Crippen molar-refractivity contribution in [2.45, 2.75) is 45.6 Å². The largest absolute Gasteiger partial charge is 0.396 e. The van der Waals surface area contributed by atoms with E-state index in [9.17, 15) is 0 Å². The Labute approximate surface area is 93.5 Å². The summed E-state index contributed by atoms with van der Waals surface area (Å²) in [6, 6.07) is 0.648. The highest BCUT2D eigenvalue weighted by Gasteiger charge is 2.41. The summed E-state index contributed by atoms with van der Waals surface area (Å²) in [5, 5.41) is 12.6. The molecule has 0 aromatic carbocycles. The van der Waals surface area contributed by atoms with E-state index >= 15 is 0 Å². The molecule has 0 heterocycles. The number of aliphatic hydroxyl groups is 1. The van der Waals surface area contributed by atoms with Crippen molar-refractivity contribution in [3.8, 4) is 0 Å². The molecule has 0 saturated heterocycles. The third kappa shape index (κ3) is 2.54. The summed E-state index contributed by atoms with van der Waals surface area (Å²) in [6.45, 7) is 5.69. The van der Waals surface area contributed by atoms with Gasteiger partial charge in [0.05, 0.1) is 0 Å². The Morgan fingerprint density at radius 1 is 1.27 bits per heavy atom. The van der Waals surface area contributed by atoms with Crippen LogP contribution in [0.3, 0.4) is 0 Å². The Bertz CT molecular complexity index is 207. The van der Waals surface area contributed by atoms with Crippen molar-refractivity contribution in [3.05, 3.63) is 0 Å². The Balaban J connectivity index is 1.74. The van der Waals surface area contributed by atoms with Crippen LogP contribution in [0, 0.1) is 23.7 Å². The molecule has 2 aliphatic rings. The lowest BCUT2D eigenvalue weighted by Gasteiger charge is -2.29. The summed E-state index contributed by atoms with van der Waals surface area (Å²) in [6.07, 6.45) is 5.90. The predicted octanol–water partition coefficient (Wildman–Crippen LogP) is 2.03. The van der Waals surface area contributed by atoms with Crippen molar-refractivity contribution in [2.75, 3.05) is 13.2 Å². The van der Waals surface area contributed by atoms with Gasteiger partial charge in [-0.05, 0) is 49.9 Å². The summed E-state index contributed by atoms with van der Waals surface area (Å²) < 4.78 is 0. The lowest BCUT2D eigenvalue weighted by Crippen LogP contribution is -2.39. The SMILES string of the molecule is CC(CO)CNC(C)C1CC2CCC1C2. The number of aliphatic hydroxyl groups excluding tert-OH is 1. The summed E-state index contributed by atoms with van der Waals surface area (Å²) >= 11 is 0. The minimum Gasteiger partial charge on any atom is -0.396 e. The molecule has 0 radical (unpaired) electrons. The van der Waals surface area contributed by atoms with Gasteiger partial charge in [0, 0.05) is 19.2 Å². The van der Waals surface area contributed by atoms with Gasteiger partial charge in [0.1, 0.15) is 0 Å². The van der Waals surface area contributed by atoms with Crippen LogP contribution in [0.15, 0.2) is 0 Å². The number of hydrogen-bond acceptors (Lipinski definition) is 2. The Morgan fingerprint density at radius 2 is 2.07 bits per heavy atom. The van der Waals surface area contributed by atoms with Gasteiger partial charge in [-0.1, -0.05) is 13.3 Å². The highest BCUT2D eigenvalue weighted by molar-refractivity contribution is 4.94. The predicted molar refractivity (Wildman–Crippen MR) is 62.7 cm³/mol. The van der Waals surface area contributed by atoms with Crippen LogP contribution in [0.1, 0.15) is 39.5 Å². The maximum atomic E-state index is 8.98. The maximum Gasteiger partial charge on any atom is 0.0468 e. The van der Waals surface area contributed by atoms with Crippen molar-refractivity contribution >= 4 is 0 Å². The molecule has 5 atom stereocenters. The number of fused-ring (bicyclic) bond motifs is 2. The van der Waals surface area contributed by atoms with Crippen LogP contribution in [0.4, 0.5) is 0 Å². The summed E-state index contributed by atoms with van der Waals surface area (Å²) in [7, 11) is 0. The zero-order valence-corrected chi connectivity index (χ0v) is 10.1. The molecular formula is C13H25NO. The molecule has 2 heteroatoms. The number of nitrogens with one attached hydrogen (secondary N) is 1. The highest BCUT2D eigenvalue weighted by atomic mass is 16.3. The minimum atomic E-state index is 0.302. The van der Waals surface area contributed by atoms with E-state index in [2.05, 4.69) is 19.2 Å². The van der Waals surface area contributed by atoms with Crippen LogP contribution in [-0.4, -0.2) is 24.3 Å². The smallest absolute Gasteiger partial charge is 0.0468 e. The molecule has 88 valence electrons. The molecule has 5 unspecified atom stereocenters. The molecule has 2 rings (SSSR count). The normalized spacial score (nSPS) is 38.2. The van der Waals surface area contributed by atoms with E-state index in [-0.39, 0.29) is 0 Å². The first-order valence-corrected chi connectivity index (χ1v) is 6.55. The fourth-order valence-corrected chi connectivity index (χ4v) is 3.51. The van der Waals surface area contributed by atoms with Gasteiger partial charge in [0.25, 0.3) is 0 Å². The van der Waals surface area contributed by atoms with Gasteiger partial charge in [-0.15, -0.1) is 0 Å². The molecule has 15 heavy (non-hydrogen) atoms. The topological polar surface area (TPSA) is 32.3 Å². The van der Waals surface area contributed by atoms with Crippen molar-refractivity contribution in [3.63, 3.8) is 0 Å². The van der Waals surface area contributed by atoms with E-state index < -0.39 is 0 Å². The fraction of sp³-hybridized carbons (Fsp3) is 1.00. The highest BCUT2D eigenvalue weighted by Crippen LogP contribution is 2.49. The second-order valence-electron chi connectivity index (χ2n) is 5.82. The summed E-state index contributed by atoms with van der Waals surface area (Å²) in [4.78, 5) is 0. The first-order chi connectivity index (χ1) is 7.20. The molecule has 2 fully saturated rings. The first kappa shape index (κ1) is 11.4. The van der Waals surface area contributed by atoms with E-state index in [0.29, 0.717) is 18.6 Å². The molecule has 2 bridgehead atoms. The van der Waals surface area contributed by atoms with Crippen molar-refractivity contribution < 1.29 is 5.11 Å². The Hall–Kier alpha value is -0.0800. The van der Waals surface area contributed by atoms with Crippen LogP contribution >= 0.6 is 0 Å². The molecule has 2 N–H and O–H groups in total. The van der Waals surface area contributed by atoms with E-state index in [1.54, 1.807) is 0 Å². The molecule has 2 nitrogen and oxygen atoms in total. The molecular weight excluding hydrogens is 186 g/mol. The second-order valence-corrected chi connectivity index (χ2v) is 5.82. The Kier molecular flexibility index (Phi) is 3.68. The van der Waals surface area contributed by atoms with E-state index in [1.807, 2.05) is 0 Å². The molecule has 0 spiro atoms. The standard InChI is InChI=1S/C13H25NO/c1-9(8-15)7-14-10(2)13-6-11-3-4-12(13)5-11/h9-15H,3-8H2,1-2H3. The van der Waals surface area contributed by atoms with Crippen molar-refractivity contribution in [1.29, 1.82) is 0 Å². The molecule has 0 aromatic heterocycles. The fourth-order valence-electron chi connectivity index (χ4n) is 3.51. The lowest BCUT2D eigenvalue weighted by atomic mass is 9.84.